The first kappa shape index (κ1) is 14.9. The van der Waals surface area contributed by atoms with Gasteiger partial charge in [0.25, 0.3) is 0 Å². The van der Waals surface area contributed by atoms with Gasteiger partial charge in [-0.3, -0.25) is 4.79 Å². The van der Waals surface area contributed by atoms with Gasteiger partial charge in [-0.15, -0.1) is 0 Å². The number of amides is 1. The van der Waals surface area contributed by atoms with Crippen molar-refractivity contribution in [1.82, 2.24) is 10.3 Å². The van der Waals surface area contributed by atoms with E-state index in [9.17, 15) is 4.79 Å². The maximum absolute atomic E-state index is 12.0. The lowest BCUT2D eigenvalue weighted by Crippen LogP contribution is -2.30. The van der Waals surface area contributed by atoms with E-state index in [1.807, 2.05) is 49.4 Å². The van der Waals surface area contributed by atoms with Crippen LogP contribution in [-0.2, 0) is 11.3 Å². The number of nitrogens with zero attached hydrogens (tertiary/aromatic N) is 1. The van der Waals surface area contributed by atoms with Gasteiger partial charge in [0, 0.05) is 17.8 Å². The summed E-state index contributed by atoms with van der Waals surface area (Å²) < 4.78 is 0. The molecule has 1 unspecified atom stereocenters. The van der Waals surface area contributed by atoms with Gasteiger partial charge in [-0.1, -0.05) is 41.6 Å². The van der Waals surface area contributed by atoms with E-state index >= 15 is 0 Å². The number of carbonyl (C=O) groups excluding carboxylic acids is 1. The fraction of sp³-hybridized carbons (Fsp3) is 0.200. The Bertz CT molecular complexity index is 577. The molecule has 2 aromatic rings. The summed E-state index contributed by atoms with van der Waals surface area (Å²) in [6.45, 7) is 2.35. The van der Waals surface area contributed by atoms with Gasteiger partial charge < -0.3 is 5.32 Å². The first-order valence-electron chi connectivity index (χ1n) is 6.25. The molecular weight excluding hydrogens is 292 g/mol. The summed E-state index contributed by atoms with van der Waals surface area (Å²) in [6, 6.07) is 13.1. The minimum absolute atomic E-state index is 0.0133. The largest absolute Gasteiger partial charge is 0.351 e. The Hall–Kier alpha value is -1.52. The minimum Gasteiger partial charge on any atom is -0.351 e. The van der Waals surface area contributed by atoms with Gasteiger partial charge in [0.05, 0.1) is 10.3 Å². The van der Waals surface area contributed by atoms with Gasteiger partial charge in [-0.2, -0.15) is 0 Å². The van der Waals surface area contributed by atoms with Gasteiger partial charge in [0.1, 0.15) is 0 Å². The summed E-state index contributed by atoms with van der Waals surface area (Å²) in [5.74, 6) is -0.0133. The van der Waals surface area contributed by atoms with E-state index in [0.717, 1.165) is 10.6 Å². The molecular formula is C15H15ClN2OS. The fourth-order valence-electron chi connectivity index (χ4n) is 1.63. The van der Waals surface area contributed by atoms with Gasteiger partial charge in [0.2, 0.25) is 5.91 Å². The zero-order valence-electron chi connectivity index (χ0n) is 11.0. The zero-order valence-corrected chi connectivity index (χ0v) is 12.6. The van der Waals surface area contributed by atoms with Crippen LogP contribution in [0.4, 0.5) is 0 Å². The van der Waals surface area contributed by atoms with Crippen LogP contribution in [0.3, 0.4) is 0 Å². The standard InChI is InChI=1S/C15H15ClN2OS/c1-11(20-14-7-2-3-8-17-14)15(19)18-10-12-5-4-6-13(16)9-12/h2-9,11H,10H2,1H3,(H,18,19). The second kappa shape index (κ2) is 7.31. The number of halogens is 1. The highest BCUT2D eigenvalue weighted by Crippen LogP contribution is 2.20. The van der Waals surface area contributed by atoms with E-state index in [-0.39, 0.29) is 11.2 Å². The number of aromatic nitrogens is 1. The molecule has 3 nitrogen and oxygen atoms in total. The molecule has 0 saturated carbocycles. The SMILES string of the molecule is CC(Sc1ccccn1)C(=O)NCc1cccc(Cl)c1. The Labute approximate surface area is 127 Å². The maximum atomic E-state index is 12.0. The lowest BCUT2D eigenvalue weighted by atomic mass is 10.2. The molecule has 5 heteroatoms. The minimum atomic E-state index is -0.191. The molecule has 0 aliphatic carbocycles. The third kappa shape index (κ3) is 4.54. The molecule has 0 radical (unpaired) electrons. The topological polar surface area (TPSA) is 42.0 Å². The fourth-order valence-corrected chi connectivity index (χ4v) is 2.68. The summed E-state index contributed by atoms with van der Waals surface area (Å²) in [4.78, 5) is 16.2. The first-order chi connectivity index (χ1) is 9.65. The number of carbonyl (C=O) groups is 1. The molecule has 1 heterocycles. The van der Waals surface area contributed by atoms with Crippen molar-refractivity contribution in [2.75, 3.05) is 0 Å². The van der Waals surface area contributed by atoms with Gasteiger partial charge in [0.15, 0.2) is 0 Å². The van der Waals surface area contributed by atoms with Crippen LogP contribution in [0.15, 0.2) is 53.7 Å². The molecule has 0 aliphatic rings. The van der Waals surface area contributed by atoms with Crippen molar-refractivity contribution in [3.8, 4) is 0 Å². The van der Waals surface area contributed by atoms with Crippen molar-refractivity contribution in [3.05, 3.63) is 59.2 Å². The van der Waals surface area contributed by atoms with Crippen LogP contribution in [0.1, 0.15) is 12.5 Å². The maximum Gasteiger partial charge on any atom is 0.233 e. The molecule has 0 aliphatic heterocycles. The van der Waals surface area contributed by atoms with E-state index in [0.29, 0.717) is 11.6 Å². The monoisotopic (exact) mass is 306 g/mol. The van der Waals surface area contributed by atoms with Crippen LogP contribution in [0, 0.1) is 0 Å². The van der Waals surface area contributed by atoms with Crippen molar-refractivity contribution in [2.45, 2.75) is 23.7 Å². The van der Waals surface area contributed by atoms with Crippen LogP contribution < -0.4 is 5.32 Å². The average molecular weight is 307 g/mol. The van der Waals surface area contributed by atoms with Crippen LogP contribution in [0.5, 0.6) is 0 Å². The summed E-state index contributed by atoms with van der Waals surface area (Å²) >= 11 is 7.35. The molecule has 1 atom stereocenters. The van der Waals surface area contributed by atoms with E-state index in [2.05, 4.69) is 10.3 Å². The lowest BCUT2D eigenvalue weighted by Gasteiger charge is -2.11. The number of rotatable bonds is 5. The Morgan fingerprint density at radius 3 is 2.90 bits per heavy atom. The van der Waals surface area contributed by atoms with Crippen molar-refractivity contribution in [3.63, 3.8) is 0 Å². The zero-order chi connectivity index (χ0) is 14.4. The molecule has 1 N–H and O–H groups in total. The molecule has 2 rings (SSSR count). The normalized spacial score (nSPS) is 11.9. The third-order valence-electron chi connectivity index (χ3n) is 2.66. The first-order valence-corrected chi connectivity index (χ1v) is 7.51. The van der Waals surface area contributed by atoms with Gasteiger partial charge in [-0.05, 0) is 36.8 Å². The van der Waals surface area contributed by atoms with Crippen molar-refractivity contribution in [2.24, 2.45) is 0 Å². The third-order valence-corrected chi connectivity index (χ3v) is 3.95. The highest BCUT2D eigenvalue weighted by Gasteiger charge is 2.14. The van der Waals surface area contributed by atoms with Crippen LogP contribution in [0.25, 0.3) is 0 Å². The molecule has 20 heavy (non-hydrogen) atoms. The van der Waals surface area contributed by atoms with E-state index in [4.69, 9.17) is 11.6 Å². The number of benzene rings is 1. The summed E-state index contributed by atoms with van der Waals surface area (Å²) in [7, 11) is 0. The van der Waals surface area contributed by atoms with E-state index in [1.165, 1.54) is 11.8 Å². The predicted molar refractivity (Wildman–Crippen MR) is 82.9 cm³/mol. The smallest absolute Gasteiger partial charge is 0.233 e. The van der Waals surface area contributed by atoms with E-state index in [1.54, 1.807) is 6.20 Å². The molecule has 0 bridgehead atoms. The summed E-state index contributed by atoms with van der Waals surface area (Å²) in [5.41, 5.74) is 0.987. The lowest BCUT2D eigenvalue weighted by molar-refractivity contribution is -0.120. The highest BCUT2D eigenvalue weighted by atomic mass is 35.5. The second-order valence-electron chi connectivity index (χ2n) is 4.28. The Morgan fingerprint density at radius 1 is 1.35 bits per heavy atom. The molecule has 1 aromatic carbocycles. The van der Waals surface area contributed by atoms with Crippen LogP contribution in [-0.4, -0.2) is 16.1 Å². The molecule has 1 amide bonds. The molecule has 0 spiro atoms. The predicted octanol–water partition coefficient (Wildman–Crippen LogP) is 3.53. The van der Waals surface area contributed by atoms with Crippen molar-refractivity contribution < 1.29 is 4.79 Å². The van der Waals surface area contributed by atoms with Crippen molar-refractivity contribution >= 4 is 29.3 Å². The Morgan fingerprint density at radius 2 is 2.20 bits per heavy atom. The summed E-state index contributed by atoms with van der Waals surface area (Å²) in [6.07, 6.45) is 1.72. The Kier molecular flexibility index (Phi) is 5.44. The number of hydrogen-bond acceptors (Lipinski definition) is 3. The molecule has 104 valence electrons. The van der Waals surface area contributed by atoms with Crippen LogP contribution >= 0.6 is 23.4 Å². The number of nitrogens with one attached hydrogen (secondary N) is 1. The van der Waals surface area contributed by atoms with E-state index < -0.39 is 0 Å². The highest BCUT2D eigenvalue weighted by molar-refractivity contribution is 8.00. The van der Waals surface area contributed by atoms with Gasteiger partial charge >= 0.3 is 0 Å². The second-order valence-corrected chi connectivity index (χ2v) is 6.07. The van der Waals surface area contributed by atoms with Crippen molar-refractivity contribution in [1.29, 1.82) is 0 Å². The number of hydrogen-bond donors (Lipinski definition) is 1. The Balaban J connectivity index is 1.85. The van der Waals surface area contributed by atoms with Gasteiger partial charge in [-0.25, -0.2) is 4.98 Å². The number of thioether (sulfide) groups is 1. The quantitative estimate of drug-likeness (QED) is 0.859. The number of pyridine rings is 1. The average Bonchev–Trinajstić information content (AvgIpc) is 2.46. The molecule has 1 aromatic heterocycles. The van der Waals surface area contributed by atoms with Crippen LogP contribution in [0.2, 0.25) is 5.02 Å². The molecule has 0 saturated heterocycles. The molecule has 0 fully saturated rings. The summed E-state index contributed by atoms with van der Waals surface area (Å²) in [5, 5.41) is 4.23.